The van der Waals surface area contributed by atoms with Gasteiger partial charge in [-0.2, -0.15) is 0 Å². The van der Waals surface area contributed by atoms with Gasteiger partial charge >= 0.3 is 0 Å². The predicted octanol–water partition coefficient (Wildman–Crippen LogP) is 2.06. The average molecular weight is 344 g/mol. The molecule has 0 aliphatic heterocycles. The summed E-state index contributed by atoms with van der Waals surface area (Å²) in [4.78, 5) is 18.7. The molecule has 3 N–H and O–H groups in total. The number of benzene rings is 1. The van der Waals surface area contributed by atoms with Crippen LogP contribution in [0, 0.1) is 11.7 Å². The maximum absolute atomic E-state index is 13.4. The Hall–Kier alpha value is -3.07. The van der Waals surface area contributed by atoms with Crippen LogP contribution in [0.2, 0.25) is 0 Å². The van der Waals surface area contributed by atoms with Gasteiger partial charge in [-0.05, 0) is 30.2 Å². The quantitative estimate of drug-likeness (QED) is 0.373. The van der Waals surface area contributed by atoms with E-state index in [1.807, 2.05) is 13.8 Å². The summed E-state index contributed by atoms with van der Waals surface area (Å²) in [5.41, 5.74) is 3.24. The van der Waals surface area contributed by atoms with Gasteiger partial charge in [0.15, 0.2) is 0 Å². The van der Waals surface area contributed by atoms with E-state index >= 15 is 0 Å². The first-order valence-electron chi connectivity index (χ1n) is 7.67. The highest BCUT2D eigenvalue weighted by Gasteiger charge is 2.23. The molecule has 3 aromatic rings. The van der Waals surface area contributed by atoms with E-state index < -0.39 is 5.91 Å². The van der Waals surface area contributed by atoms with Crippen molar-refractivity contribution in [3.63, 3.8) is 0 Å². The van der Waals surface area contributed by atoms with Gasteiger partial charge in [0.2, 0.25) is 0 Å². The van der Waals surface area contributed by atoms with Gasteiger partial charge in [0, 0.05) is 6.08 Å². The third-order valence-corrected chi connectivity index (χ3v) is 3.70. The fourth-order valence-corrected chi connectivity index (χ4v) is 2.59. The average Bonchev–Trinajstić information content (AvgIpc) is 3.19. The van der Waals surface area contributed by atoms with Crippen LogP contribution in [-0.2, 0) is 4.79 Å². The number of nitrogens with one attached hydrogen (secondary N) is 2. The lowest BCUT2D eigenvalue weighted by Gasteiger charge is -2.18. The van der Waals surface area contributed by atoms with Crippen molar-refractivity contribution in [2.24, 2.45) is 5.92 Å². The second-order valence-corrected chi connectivity index (χ2v) is 5.91. The van der Waals surface area contributed by atoms with Crippen molar-refractivity contribution in [2.45, 2.75) is 19.9 Å². The van der Waals surface area contributed by atoms with Crippen LogP contribution in [0.1, 0.15) is 31.4 Å². The largest absolute Gasteiger partial charge is 0.340 e. The molecule has 3 rings (SSSR count). The van der Waals surface area contributed by atoms with E-state index in [2.05, 4.69) is 20.3 Å². The molecule has 0 bridgehead atoms. The van der Waals surface area contributed by atoms with Crippen molar-refractivity contribution in [1.82, 2.24) is 30.4 Å². The first-order valence-corrected chi connectivity index (χ1v) is 7.67. The Labute approximate surface area is 142 Å². The zero-order chi connectivity index (χ0) is 18.0. The fraction of sp³-hybridized carbons (Fsp3) is 0.250. The Bertz CT molecular complexity index is 930. The first-order chi connectivity index (χ1) is 12.0. The third-order valence-electron chi connectivity index (χ3n) is 3.70. The zero-order valence-electron chi connectivity index (χ0n) is 13.6. The van der Waals surface area contributed by atoms with Crippen LogP contribution in [0.3, 0.4) is 0 Å². The van der Waals surface area contributed by atoms with Gasteiger partial charge in [-0.15, -0.1) is 5.10 Å². The Balaban J connectivity index is 1.94. The summed E-state index contributed by atoms with van der Waals surface area (Å²) < 4.78 is 15.0. The molecule has 0 radical (unpaired) electrons. The van der Waals surface area contributed by atoms with E-state index in [1.165, 1.54) is 23.7 Å². The number of H-pyrrole nitrogens is 1. The topological polar surface area (TPSA) is 109 Å². The minimum Gasteiger partial charge on any atom is -0.340 e. The second-order valence-electron chi connectivity index (χ2n) is 5.91. The lowest BCUT2D eigenvalue weighted by atomic mass is 10.0. The number of carbonyl (C=O) groups excluding carboxylic acids is 1. The molecule has 25 heavy (non-hydrogen) atoms. The number of hydrogen-bond donors (Lipinski definition) is 3. The van der Waals surface area contributed by atoms with Gasteiger partial charge < -0.3 is 4.98 Å². The smallest absolute Gasteiger partial charge is 0.267 e. The number of imidazole rings is 1. The Kier molecular flexibility index (Phi) is 4.57. The lowest BCUT2D eigenvalue weighted by molar-refractivity contribution is -0.124. The van der Waals surface area contributed by atoms with Crippen molar-refractivity contribution in [3.05, 3.63) is 47.8 Å². The van der Waals surface area contributed by atoms with Crippen LogP contribution in [-0.4, -0.2) is 36.1 Å². The molecule has 0 spiro atoms. The van der Waals surface area contributed by atoms with Crippen LogP contribution in [0.15, 0.2) is 30.5 Å². The number of aromatic nitrogens is 5. The van der Waals surface area contributed by atoms with E-state index in [0.717, 1.165) is 6.08 Å². The number of nitrogens with zero attached hydrogens (tertiary/aromatic N) is 4. The molecule has 1 aromatic carbocycles. The maximum atomic E-state index is 13.4. The van der Waals surface area contributed by atoms with Gasteiger partial charge in [-0.25, -0.2) is 19.5 Å². The number of carbonyl (C=O) groups is 1. The Morgan fingerprint density at radius 1 is 1.44 bits per heavy atom. The van der Waals surface area contributed by atoms with Crippen molar-refractivity contribution >= 4 is 23.0 Å². The number of amides is 1. The highest BCUT2D eigenvalue weighted by Crippen LogP contribution is 2.26. The number of halogens is 1. The summed E-state index contributed by atoms with van der Waals surface area (Å²) in [7, 11) is 0. The Morgan fingerprint density at radius 3 is 2.96 bits per heavy atom. The van der Waals surface area contributed by atoms with Crippen molar-refractivity contribution in [3.8, 4) is 0 Å². The number of aromatic amines is 1. The number of hydrogen-bond acceptors (Lipinski definition) is 5. The van der Waals surface area contributed by atoms with Crippen LogP contribution in [0.5, 0.6) is 0 Å². The number of fused-ring (bicyclic) bond motifs is 1. The normalized spacial score (nSPS) is 13.0. The van der Waals surface area contributed by atoms with E-state index in [1.54, 1.807) is 16.9 Å². The Morgan fingerprint density at radius 2 is 2.24 bits per heavy atom. The molecular weight excluding hydrogens is 327 g/mol. The molecule has 0 aliphatic rings. The van der Waals surface area contributed by atoms with E-state index in [0.29, 0.717) is 22.6 Å². The minimum absolute atomic E-state index is 0.129. The van der Waals surface area contributed by atoms with Gasteiger partial charge in [0.1, 0.15) is 23.4 Å². The predicted molar refractivity (Wildman–Crippen MR) is 88.0 cm³/mol. The first kappa shape index (κ1) is 16.8. The molecular formula is C16H17FN6O2. The zero-order valence-corrected chi connectivity index (χ0v) is 13.6. The summed E-state index contributed by atoms with van der Waals surface area (Å²) in [6, 6.07) is 4.14. The highest BCUT2D eigenvalue weighted by molar-refractivity contribution is 5.90. The summed E-state index contributed by atoms with van der Waals surface area (Å²) in [6.07, 6.45) is 4.24. The van der Waals surface area contributed by atoms with Crippen molar-refractivity contribution in [2.75, 3.05) is 0 Å². The van der Waals surface area contributed by atoms with Gasteiger partial charge in [0.05, 0.1) is 17.2 Å². The van der Waals surface area contributed by atoms with Gasteiger partial charge in [-0.1, -0.05) is 19.1 Å². The number of hydroxylamine groups is 1. The highest BCUT2D eigenvalue weighted by atomic mass is 19.1. The summed E-state index contributed by atoms with van der Waals surface area (Å²) in [5, 5.41) is 16.6. The van der Waals surface area contributed by atoms with Crippen molar-refractivity contribution < 1.29 is 14.4 Å². The molecule has 8 nitrogen and oxygen atoms in total. The SMILES string of the molecule is CC(C)C(c1nc2ccc(F)cc2[nH]1)n1cc(C=CC(=O)NO)nn1. The van der Waals surface area contributed by atoms with Gasteiger partial charge in [0.25, 0.3) is 5.91 Å². The molecule has 0 fully saturated rings. The van der Waals surface area contributed by atoms with Crippen LogP contribution in [0.25, 0.3) is 17.1 Å². The van der Waals surface area contributed by atoms with Crippen LogP contribution < -0.4 is 5.48 Å². The van der Waals surface area contributed by atoms with E-state index in [-0.39, 0.29) is 17.8 Å². The molecule has 2 heterocycles. The third kappa shape index (κ3) is 3.56. The molecule has 9 heteroatoms. The molecule has 0 aliphatic carbocycles. The van der Waals surface area contributed by atoms with Gasteiger partial charge in [-0.3, -0.25) is 10.0 Å². The number of rotatable bonds is 5. The van der Waals surface area contributed by atoms with Crippen molar-refractivity contribution in [1.29, 1.82) is 0 Å². The molecule has 0 saturated carbocycles. The summed E-state index contributed by atoms with van der Waals surface area (Å²) in [5.74, 6) is -0.220. The molecule has 1 unspecified atom stereocenters. The molecule has 2 aromatic heterocycles. The fourth-order valence-electron chi connectivity index (χ4n) is 2.59. The summed E-state index contributed by atoms with van der Waals surface area (Å²) >= 11 is 0. The van der Waals surface area contributed by atoms with Crippen LogP contribution >= 0.6 is 0 Å². The minimum atomic E-state index is -0.658. The van der Waals surface area contributed by atoms with E-state index in [9.17, 15) is 9.18 Å². The molecule has 130 valence electrons. The molecule has 1 amide bonds. The maximum Gasteiger partial charge on any atom is 0.267 e. The standard InChI is InChI=1S/C16H17FN6O2/c1-9(2)15(16-18-12-5-3-10(17)7-13(12)19-16)23-8-11(20-22-23)4-6-14(24)21-25/h3-9,15,25H,1-2H3,(H,18,19)(H,21,24). The van der Waals surface area contributed by atoms with Crippen LogP contribution in [0.4, 0.5) is 4.39 Å². The van der Waals surface area contributed by atoms with E-state index in [4.69, 9.17) is 5.21 Å². The second kappa shape index (κ2) is 6.81. The lowest BCUT2D eigenvalue weighted by Crippen LogP contribution is -2.18. The summed E-state index contributed by atoms with van der Waals surface area (Å²) in [6.45, 7) is 4.02. The monoisotopic (exact) mass is 344 g/mol. The molecule has 0 saturated heterocycles. The molecule has 1 atom stereocenters.